The van der Waals surface area contributed by atoms with E-state index in [1.54, 1.807) is 78.9 Å². The average Bonchev–Trinajstić information content (AvgIpc) is 3.80. The van der Waals surface area contributed by atoms with Crippen LogP contribution in [0.3, 0.4) is 0 Å². The van der Waals surface area contributed by atoms with Gasteiger partial charge in [0.2, 0.25) is 11.9 Å². The SMILES string of the molecule is CC(=O)Nc1nc(OC(=O)N(c2ccccc2)c2ccccc2)c2ncn([C@@H]3O[C@H](COC(=O)c4ccccc4)[C@@H](CCOCc4ccccc4)[C@H]3OC(C)=O)c2n1. The number of benzene rings is 4. The number of nitrogens with zero attached hydrogens (tertiary/aromatic N) is 5. The summed E-state index contributed by atoms with van der Waals surface area (Å²) in [6.07, 6.45) is -1.87. The molecule has 0 radical (unpaired) electrons. The van der Waals surface area contributed by atoms with Gasteiger partial charge in [0.05, 0.1) is 29.9 Å². The highest BCUT2D eigenvalue weighted by Crippen LogP contribution is 2.41. The number of anilines is 3. The Morgan fingerprint density at radius 3 is 2.05 bits per heavy atom. The number of hydrogen-bond acceptors (Lipinski definition) is 12. The van der Waals surface area contributed by atoms with Gasteiger partial charge in [-0.3, -0.25) is 19.5 Å². The van der Waals surface area contributed by atoms with E-state index in [-0.39, 0.29) is 36.2 Å². The number of para-hydroxylation sites is 2. The zero-order valence-corrected chi connectivity index (χ0v) is 31.7. The number of imidazole rings is 1. The summed E-state index contributed by atoms with van der Waals surface area (Å²) in [4.78, 5) is 66.9. The van der Waals surface area contributed by atoms with Crippen LogP contribution >= 0.6 is 0 Å². The van der Waals surface area contributed by atoms with Gasteiger partial charge in [0.1, 0.15) is 12.7 Å². The molecule has 1 saturated heterocycles. The first-order valence-electron chi connectivity index (χ1n) is 18.6. The third-order valence-electron chi connectivity index (χ3n) is 9.24. The quantitative estimate of drug-likeness (QED) is 0.0884. The van der Waals surface area contributed by atoms with Gasteiger partial charge in [0, 0.05) is 26.4 Å². The van der Waals surface area contributed by atoms with Gasteiger partial charge in [-0.2, -0.15) is 9.97 Å². The molecule has 4 atom stereocenters. The molecular formula is C43H40N6O9. The molecule has 296 valence electrons. The lowest BCUT2D eigenvalue weighted by molar-refractivity contribution is -0.154. The van der Waals surface area contributed by atoms with Crippen molar-refractivity contribution in [2.75, 3.05) is 23.4 Å². The maximum Gasteiger partial charge on any atom is 0.425 e. The van der Waals surface area contributed by atoms with Crippen molar-refractivity contribution < 1.29 is 42.9 Å². The van der Waals surface area contributed by atoms with Crippen LogP contribution in [0.2, 0.25) is 0 Å². The van der Waals surface area contributed by atoms with Gasteiger partial charge in [-0.15, -0.1) is 0 Å². The van der Waals surface area contributed by atoms with Crippen molar-refractivity contribution >= 4 is 52.4 Å². The third-order valence-corrected chi connectivity index (χ3v) is 9.24. The molecule has 0 aliphatic carbocycles. The molecule has 7 rings (SSSR count). The molecule has 3 heterocycles. The van der Waals surface area contributed by atoms with Crippen LogP contribution in [0.15, 0.2) is 128 Å². The number of aromatic nitrogens is 4. The number of carbonyl (C=O) groups excluding carboxylic acids is 4. The summed E-state index contributed by atoms with van der Waals surface area (Å²) < 4.78 is 31.8. The first kappa shape index (κ1) is 39.3. The van der Waals surface area contributed by atoms with Crippen molar-refractivity contribution in [2.24, 2.45) is 5.92 Å². The van der Waals surface area contributed by atoms with Crippen LogP contribution in [0.4, 0.5) is 22.1 Å². The van der Waals surface area contributed by atoms with E-state index in [4.69, 9.17) is 23.7 Å². The van der Waals surface area contributed by atoms with E-state index in [2.05, 4.69) is 20.3 Å². The molecule has 0 spiro atoms. The fourth-order valence-electron chi connectivity index (χ4n) is 6.66. The number of rotatable bonds is 14. The first-order valence-corrected chi connectivity index (χ1v) is 18.6. The number of esters is 2. The Hall–Kier alpha value is -6.97. The lowest BCUT2D eigenvalue weighted by Gasteiger charge is -2.24. The van der Waals surface area contributed by atoms with Crippen molar-refractivity contribution in [3.63, 3.8) is 0 Å². The smallest absolute Gasteiger partial charge is 0.425 e. The Labute approximate surface area is 333 Å². The van der Waals surface area contributed by atoms with E-state index in [0.717, 1.165) is 5.56 Å². The monoisotopic (exact) mass is 784 g/mol. The summed E-state index contributed by atoms with van der Waals surface area (Å²) in [7, 11) is 0. The number of hydrogen-bond donors (Lipinski definition) is 1. The highest BCUT2D eigenvalue weighted by atomic mass is 16.6. The first-order chi connectivity index (χ1) is 28.2. The van der Waals surface area contributed by atoms with Crippen LogP contribution in [-0.4, -0.2) is 68.9 Å². The predicted octanol–water partition coefficient (Wildman–Crippen LogP) is 7.03. The van der Waals surface area contributed by atoms with Crippen LogP contribution in [0.25, 0.3) is 11.2 Å². The molecule has 1 aliphatic rings. The van der Waals surface area contributed by atoms with Crippen LogP contribution in [0, 0.1) is 5.92 Å². The molecule has 1 aliphatic heterocycles. The minimum absolute atomic E-state index is 0.0513. The minimum Gasteiger partial charge on any atom is -0.459 e. The molecule has 4 aromatic carbocycles. The minimum atomic E-state index is -1.07. The normalized spacial score (nSPS) is 17.3. The number of fused-ring (bicyclic) bond motifs is 1. The molecule has 0 bridgehead atoms. The molecule has 0 unspecified atom stereocenters. The molecule has 15 nitrogen and oxygen atoms in total. The van der Waals surface area contributed by atoms with E-state index >= 15 is 0 Å². The molecule has 2 aromatic heterocycles. The van der Waals surface area contributed by atoms with Crippen LogP contribution in [0.1, 0.15) is 42.4 Å². The maximum atomic E-state index is 14.0. The summed E-state index contributed by atoms with van der Waals surface area (Å²) in [6, 6.07) is 36.1. The van der Waals surface area contributed by atoms with Gasteiger partial charge in [-0.1, -0.05) is 84.9 Å². The Balaban J connectivity index is 1.22. The Kier molecular flexibility index (Phi) is 12.4. The van der Waals surface area contributed by atoms with Crippen LogP contribution in [0.5, 0.6) is 5.88 Å². The molecule has 58 heavy (non-hydrogen) atoms. The fourth-order valence-corrected chi connectivity index (χ4v) is 6.66. The number of amides is 2. The van der Waals surface area contributed by atoms with E-state index in [9.17, 15) is 19.2 Å². The second-order valence-corrected chi connectivity index (χ2v) is 13.3. The molecule has 0 saturated carbocycles. The fraction of sp³-hybridized carbons (Fsp3) is 0.233. The highest BCUT2D eigenvalue weighted by molar-refractivity contribution is 5.98. The molecule has 1 N–H and O–H groups in total. The van der Waals surface area contributed by atoms with Crippen molar-refractivity contribution in [3.8, 4) is 5.88 Å². The lowest BCUT2D eigenvalue weighted by atomic mass is 9.94. The van der Waals surface area contributed by atoms with Gasteiger partial charge in [0.25, 0.3) is 5.88 Å². The van der Waals surface area contributed by atoms with E-state index in [1.165, 1.54) is 29.6 Å². The van der Waals surface area contributed by atoms with E-state index < -0.39 is 48.3 Å². The van der Waals surface area contributed by atoms with Crippen molar-refractivity contribution in [2.45, 2.75) is 45.3 Å². The molecule has 6 aromatic rings. The zero-order chi connectivity index (χ0) is 40.4. The highest BCUT2D eigenvalue weighted by Gasteiger charge is 2.48. The second-order valence-electron chi connectivity index (χ2n) is 13.3. The third kappa shape index (κ3) is 9.34. The standard InChI is InChI=1S/C43H40N6O9/c1-28(50)45-42-46-38-36(39(47-42)58-43(53)49(32-19-11-5-12-20-32)33-21-13-6-14-22-33)44-27-48(38)40-37(56-29(2)51)34(23-24-54-25-30-15-7-3-8-16-30)35(57-40)26-55-41(52)31-17-9-4-10-18-31/h3-22,27,34-35,37,40H,23-26H2,1-2H3,(H,45,46,47,50)/t34-,35-,37-,40-/m1/s1. The van der Waals surface area contributed by atoms with Gasteiger partial charge < -0.3 is 23.7 Å². The maximum absolute atomic E-state index is 14.0. The summed E-state index contributed by atoms with van der Waals surface area (Å²) in [6.45, 7) is 3.00. The van der Waals surface area contributed by atoms with Gasteiger partial charge in [-0.05, 0) is 48.4 Å². The van der Waals surface area contributed by atoms with Crippen molar-refractivity contribution in [3.05, 3.63) is 139 Å². The zero-order valence-electron chi connectivity index (χ0n) is 31.7. The number of nitrogens with one attached hydrogen (secondary N) is 1. The van der Waals surface area contributed by atoms with Gasteiger partial charge in [-0.25, -0.2) is 19.5 Å². The number of ether oxygens (including phenoxy) is 5. The van der Waals surface area contributed by atoms with Crippen LogP contribution < -0.4 is 15.0 Å². The Morgan fingerprint density at radius 1 is 0.810 bits per heavy atom. The summed E-state index contributed by atoms with van der Waals surface area (Å²) in [5.74, 6) is -2.59. The average molecular weight is 785 g/mol. The lowest BCUT2D eigenvalue weighted by Crippen LogP contribution is -2.33. The second kappa shape index (κ2) is 18.3. The number of carbonyl (C=O) groups is 4. The largest absolute Gasteiger partial charge is 0.459 e. The topological polar surface area (TPSA) is 173 Å². The Morgan fingerprint density at radius 2 is 1.43 bits per heavy atom. The molecule has 2 amide bonds. The summed E-state index contributed by atoms with van der Waals surface area (Å²) in [5, 5.41) is 2.56. The van der Waals surface area contributed by atoms with Gasteiger partial charge in [0.15, 0.2) is 23.5 Å². The van der Waals surface area contributed by atoms with Crippen molar-refractivity contribution in [1.82, 2.24) is 19.5 Å². The molecule has 1 fully saturated rings. The van der Waals surface area contributed by atoms with Gasteiger partial charge >= 0.3 is 18.0 Å². The molecule has 15 heteroatoms. The van der Waals surface area contributed by atoms with Crippen LogP contribution in [-0.2, 0) is 35.1 Å². The van der Waals surface area contributed by atoms with E-state index in [1.807, 2.05) is 42.5 Å². The van der Waals surface area contributed by atoms with E-state index in [0.29, 0.717) is 30.0 Å². The Bertz CT molecular complexity index is 2310. The van der Waals surface area contributed by atoms with Crippen molar-refractivity contribution in [1.29, 1.82) is 0 Å². The summed E-state index contributed by atoms with van der Waals surface area (Å²) in [5.41, 5.74) is 2.54. The summed E-state index contributed by atoms with van der Waals surface area (Å²) >= 11 is 0. The predicted molar refractivity (Wildman–Crippen MR) is 211 cm³/mol. The molecular weight excluding hydrogens is 745 g/mol.